The van der Waals surface area contributed by atoms with Crippen molar-refractivity contribution in [3.8, 4) is 0 Å². The van der Waals surface area contributed by atoms with E-state index in [1.165, 1.54) is 0 Å². The van der Waals surface area contributed by atoms with E-state index in [1.54, 1.807) is 4.90 Å². The van der Waals surface area contributed by atoms with E-state index in [0.29, 0.717) is 13.1 Å². The van der Waals surface area contributed by atoms with Crippen molar-refractivity contribution in [2.45, 2.75) is 0 Å². The summed E-state index contributed by atoms with van der Waals surface area (Å²) in [5, 5.41) is 7.78. The summed E-state index contributed by atoms with van der Waals surface area (Å²) in [6.45, 7) is 2.41. The van der Waals surface area contributed by atoms with E-state index in [-0.39, 0.29) is 12.5 Å². The van der Waals surface area contributed by atoms with Gasteiger partial charge < -0.3 is 10.2 Å². The molecule has 1 saturated heterocycles. The van der Waals surface area contributed by atoms with Gasteiger partial charge in [0.2, 0.25) is 5.91 Å². The normalized spacial score (nSPS) is 18.2. The van der Waals surface area contributed by atoms with E-state index in [2.05, 4.69) is 5.32 Å². The molecule has 1 aliphatic heterocycles. The fourth-order valence-corrected chi connectivity index (χ4v) is 1.51. The van der Waals surface area contributed by atoms with Crippen molar-refractivity contribution in [2.24, 2.45) is 5.14 Å². The molecule has 1 aliphatic rings. The first kappa shape index (κ1) is 11.4. The summed E-state index contributed by atoms with van der Waals surface area (Å²) < 4.78 is 23.0. The molecule has 0 aromatic heterocycles. The Morgan fingerprint density at radius 3 is 2.50 bits per heavy atom. The highest BCUT2D eigenvalue weighted by Gasteiger charge is 2.16. The third-order valence-corrected chi connectivity index (χ3v) is 2.44. The minimum atomic E-state index is -3.77. The SMILES string of the molecule is NS(=O)(=O)NCC(=O)N1CCNCC1. The van der Waals surface area contributed by atoms with Crippen molar-refractivity contribution >= 4 is 16.1 Å². The molecular formula is C6H14N4O3S. The van der Waals surface area contributed by atoms with Crippen LogP contribution >= 0.6 is 0 Å². The van der Waals surface area contributed by atoms with Crippen LogP contribution in [-0.2, 0) is 15.0 Å². The molecule has 1 heterocycles. The van der Waals surface area contributed by atoms with Crippen LogP contribution < -0.4 is 15.2 Å². The molecule has 0 atom stereocenters. The Morgan fingerprint density at radius 2 is 2.00 bits per heavy atom. The van der Waals surface area contributed by atoms with E-state index < -0.39 is 10.2 Å². The third kappa shape index (κ3) is 4.01. The van der Waals surface area contributed by atoms with Crippen LogP contribution in [0.25, 0.3) is 0 Å². The Bertz CT molecular complexity index is 296. The van der Waals surface area contributed by atoms with Gasteiger partial charge in [0.15, 0.2) is 0 Å². The third-order valence-electron chi connectivity index (χ3n) is 1.89. The van der Waals surface area contributed by atoms with Gasteiger partial charge in [-0.15, -0.1) is 0 Å². The lowest BCUT2D eigenvalue weighted by Crippen LogP contribution is -2.50. The molecule has 0 saturated carbocycles. The number of hydrogen-bond acceptors (Lipinski definition) is 4. The molecule has 0 bridgehead atoms. The van der Waals surface area contributed by atoms with Crippen molar-refractivity contribution < 1.29 is 13.2 Å². The predicted octanol–water partition coefficient (Wildman–Crippen LogP) is -2.79. The molecule has 7 nitrogen and oxygen atoms in total. The van der Waals surface area contributed by atoms with Gasteiger partial charge in [0, 0.05) is 26.2 Å². The average Bonchev–Trinajstić information content (AvgIpc) is 2.14. The zero-order chi connectivity index (χ0) is 10.6. The van der Waals surface area contributed by atoms with Gasteiger partial charge in [-0.05, 0) is 0 Å². The lowest BCUT2D eigenvalue weighted by Gasteiger charge is -2.27. The average molecular weight is 222 g/mol. The minimum absolute atomic E-state index is 0.250. The lowest BCUT2D eigenvalue weighted by molar-refractivity contribution is -0.130. The molecule has 0 unspecified atom stereocenters. The van der Waals surface area contributed by atoms with E-state index in [0.717, 1.165) is 13.1 Å². The highest BCUT2D eigenvalue weighted by Crippen LogP contribution is 1.92. The number of rotatable bonds is 3. The number of carbonyl (C=O) groups excluding carboxylic acids is 1. The molecule has 0 aromatic rings. The summed E-state index contributed by atoms with van der Waals surface area (Å²) in [6.07, 6.45) is 0. The van der Waals surface area contributed by atoms with Crippen LogP contribution in [-0.4, -0.2) is 51.9 Å². The van der Waals surface area contributed by atoms with Crippen LogP contribution in [0.5, 0.6) is 0 Å². The van der Waals surface area contributed by atoms with Gasteiger partial charge in [-0.25, -0.2) is 5.14 Å². The molecule has 0 aliphatic carbocycles. The van der Waals surface area contributed by atoms with Gasteiger partial charge in [-0.3, -0.25) is 4.79 Å². The second-order valence-electron chi connectivity index (χ2n) is 3.00. The zero-order valence-electron chi connectivity index (χ0n) is 7.69. The first-order valence-corrected chi connectivity index (χ1v) is 5.79. The van der Waals surface area contributed by atoms with Crippen molar-refractivity contribution in [3.05, 3.63) is 0 Å². The Morgan fingerprint density at radius 1 is 1.43 bits per heavy atom. The van der Waals surface area contributed by atoms with Gasteiger partial charge >= 0.3 is 0 Å². The van der Waals surface area contributed by atoms with Crippen LogP contribution in [0, 0.1) is 0 Å². The molecule has 0 aromatic carbocycles. The van der Waals surface area contributed by atoms with E-state index in [9.17, 15) is 13.2 Å². The van der Waals surface area contributed by atoms with E-state index in [1.807, 2.05) is 4.72 Å². The number of hydrogen-bond donors (Lipinski definition) is 3. The number of amides is 1. The molecule has 1 amide bonds. The number of nitrogens with two attached hydrogens (primary N) is 1. The van der Waals surface area contributed by atoms with Crippen LogP contribution in [0.15, 0.2) is 0 Å². The predicted molar refractivity (Wildman–Crippen MR) is 50.6 cm³/mol. The maximum atomic E-state index is 11.4. The van der Waals surface area contributed by atoms with Crippen LogP contribution in [0.3, 0.4) is 0 Å². The maximum absolute atomic E-state index is 11.4. The number of nitrogens with zero attached hydrogens (tertiary/aromatic N) is 1. The topological polar surface area (TPSA) is 105 Å². The first-order chi connectivity index (χ1) is 6.49. The second kappa shape index (κ2) is 4.69. The summed E-state index contributed by atoms with van der Waals surface area (Å²) in [6, 6.07) is 0. The smallest absolute Gasteiger partial charge is 0.274 e. The van der Waals surface area contributed by atoms with Gasteiger partial charge in [0.1, 0.15) is 0 Å². The van der Waals surface area contributed by atoms with Gasteiger partial charge in [-0.2, -0.15) is 13.1 Å². The molecule has 14 heavy (non-hydrogen) atoms. The lowest BCUT2D eigenvalue weighted by atomic mass is 10.3. The van der Waals surface area contributed by atoms with Crippen molar-refractivity contribution in [1.82, 2.24) is 14.9 Å². The van der Waals surface area contributed by atoms with Gasteiger partial charge in [-0.1, -0.05) is 0 Å². The summed E-state index contributed by atoms with van der Waals surface area (Å²) in [7, 11) is -3.77. The van der Waals surface area contributed by atoms with Gasteiger partial charge in [0.05, 0.1) is 6.54 Å². The van der Waals surface area contributed by atoms with Gasteiger partial charge in [0.25, 0.3) is 10.2 Å². The van der Waals surface area contributed by atoms with Crippen molar-refractivity contribution in [3.63, 3.8) is 0 Å². The second-order valence-corrected chi connectivity index (χ2v) is 4.38. The monoisotopic (exact) mass is 222 g/mol. The molecule has 0 spiro atoms. The molecule has 1 rings (SSSR count). The summed E-state index contributed by atoms with van der Waals surface area (Å²) in [4.78, 5) is 13.0. The van der Waals surface area contributed by atoms with E-state index in [4.69, 9.17) is 5.14 Å². The highest BCUT2D eigenvalue weighted by atomic mass is 32.2. The number of carbonyl (C=O) groups is 1. The fraction of sp³-hybridized carbons (Fsp3) is 0.833. The van der Waals surface area contributed by atoms with Crippen LogP contribution in [0.1, 0.15) is 0 Å². The number of piperazine rings is 1. The molecule has 1 fully saturated rings. The first-order valence-electron chi connectivity index (χ1n) is 4.25. The Balaban J connectivity index is 2.34. The Labute approximate surface area is 82.8 Å². The summed E-state index contributed by atoms with van der Waals surface area (Å²) in [5.74, 6) is -0.250. The number of nitrogens with one attached hydrogen (secondary N) is 2. The molecule has 82 valence electrons. The Hall–Kier alpha value is -0.700. The van der Waals surface area contributed by atoms with Crippen LogP contribution in [0.2, 0.25) is 0 Å². The molecule has 8 heteroatoms. The summed E-state index contributed by atoms with van der Waals surface area (Å²) >= 11 is 0. The fourth-order valence-electron chi connectivity index (χ4n) is 1.19. The molecular weight excluding hydrogens is 208 g/mol. The zero-order valence-corrected chi connectivity index (χ0v) is 8.51. The standard InChI is InChI=1S/C6H14N4O3S/c7-14(12,13)9-5-6(11)10-3-1-8-2-4-10/h8-9H,1-5H2,(H2,7,12,13). The Kier molecular flexibility index (Phi) is 3.81. The van der Waals surface area contributed by atoms with Crippen molar-refractivity contribution in [2.75, 3.05) is 32.7 Å². The maximum Gasteiger partial charge on any atom is 0.274 e. The largest absolute Gasteiger partial charge is 0.339 e. The quantitative estimate of drug-likeness (QED) is 0.480. The van der Waals surface area contributed by atoms with E-state index >= 15 is 0 Å². The highest BCUT2D eigenvalue weighted by molar-refractivity contribution is 7.87. The van der Waals surface area contributed by atoms with Crippen molar-refractivity contribution in [1.29, 1.82) is 0 Å². The minimum Gasteiger partial charge on any atom is -0.339 e. The summed E-state index contributed by atoms with van der Waals surface area (Å²) in [5.41, 5.74) is 0. The molecule has 4 N–H and O–H groups in total. The molecule has 0 radical (unpaired) electrons. The van der Waals surface area contributed by atoms with Crippen LogP contribution in [0.4, 0.5) is 0 Å².